The van der Waals surface area contributed by atoms with E-state index in [1.165, 1.54) is 25.3 Å². The van der Waals surface area contributed by atoms with Crippen LogP contribution in [0.4, 0.5) is 0 Å². The molecule has 0 radical (unpaired) electrons. The first-order valence-corrected chi connectivity index (χ1v) is 16.5. The summed E-state index contributed by atoms with van der Waals surface area (Å²) >= 11 is 0. The van der Waals surface area contributed by atoms with Crippen molar-refractivity contribution in [2.75, 3.05) is 19.8 Å². The maximum absolute atomic E-state index is 11.1. The van der Waals surface area contributed by atoms with E-state index in [1.807, 2.05) is 19.1 Å². The fourth-order valence-corrected chi connectivity index (χ4v) is 4.90. The number of nitriles is 1. The van der Waals surface area contributed by atoms with E-state index in [0.717, 1.165) is 74.7 Å². The van der Waals surface area contributed by atoms with Crippen LogP contribution < -0.4 is 14.2 Å². The van der Waals surface area contributed by atoms with Crippen molar-refractivity contribution in [2.45, 2.75) is 112 Å². The predicted octanol–water partition coefficient (Wildman–Crippen LogP) is 10.9. The molecule has 0 bridgehead atoms. The molecule has 2 aromatic carbocycles. The van der Waals surface area contributed by atoms with Crippen LogP contribution in [0.2, 0.25) is 0 Å². The fraction of sp³-hybridized carbons (Fsp3) is 0.526. The van der Waals surface area contributed by atoms with E-state index < -0.39 is 0 Å². The molecule has 0 spiro atoms. The van der Waals surface area contributed by atoms with Crippen LogP contribution in [0.25, 0.3) is 22.2 Å². The molecule has 0 aliphatic carbocycles. The first-order chi connectivity index (χ1) is 21.4. The summed E-state index contributed by atoms with van der Waals surface area (Å²) < 4.78 is 18.6. The summed E-state index contributed by atoms with van der Waals surface area (Å²) in [6, 6.07) is 9.32. The molecule has 0 atom stereocenters. The molecule has 6 nitrogen and oxygen atoms in total. The monoisotopic (exact) mass is 600 g/mol. The molecule has 0 aromatic heterocycles. The van der Waals surface area contributed by atoms with Crippen molar-refractivity contribution >= 4 is 17.3 Å². The van der Waals surface area contributed by atoms with Gasteiger partial charge in [-0.1, -0.05) is 84.6 Å². The lowest BCUT2D eigenvalue weighted by atomic mass is 9.99. The molecule has 2 aromatic rings. The van der Waals surface area contributed by atoms with Gasteiger partial charge in [0.15, 0.2) is 5.70 Å². The van der Waals surface area contributed by atoms with Gasteiger partial charge in [0.2, 0.25) is 0 Å². The molecular formula is C38H52N2O4. The van der Waals surface area contributed by atoms with Gasteiger partial charge in [0.1, 0.15) is 23.0 Å². The average Bonchev–Trinajstić information content (AvgIpc) is 3.02. The first kappa shape index (κ1) is 36.3. The predicted molar refractivity (Wildman–Crippen MR) is 182 cm³/mol. The largest absolute Gasteiger partial charge is 0.509 e. The van der Waals surface area contributed by atoms with Gasteiger partial charge in [-0.25, -0.2) is 4.85 Å². The lowest BCUT2D eigenvalue weighted by Gasteiger charge is -2.16. The second kappa shape index (κ2) is 20.9. The van der Waals surface area contributed by atoms with Crippen LogP contribution in [0.3, 0.4) is 0 Å². The Morgan fingerprint density at radius 3 is 1.82 bits per heavy atom. The van der Waals surface area contributed by atoms with E-state index in [9.17, 15) is 10.4 Å². The molecule has 0 unspecified atom stereocenters. The number of allylic oxidation sites excluding steroid dienone is 2. The molecule has 0 aliphatic rings. The van der Waals surface area contributed by atoms with Crippen LogP contribution >= 0.6 is 0 Å². The van der Waals surface area contributed by atoms with Gasteiger partial charge >= 0.3 is 0 Å². The zero-order valence-corrected chi connectivity index (χ0v) is 27.6. The third-order valence-corrected chi connectivity index (χ3v) is 7.56. The zero-order chi connectivity index (χ0) is 32.2. The van der Waals surface area contributed by atoms with Crippen molar-refractivity contribution in [2.24, 2.45) is 0 Å². The maximum Gasteiger partial charge on any atom is 0.198 e. The van der Waals surface area contributed by atoms with Gasteiger partial charge in [-0.15, -0.1) is 0 Å². The minimum atomic E-state index is -0.0864. The van der Waals surface area contributed by atoms with Crippen LogP contribution in [0.1, 0.15) is 127 Å². The number of rotatable bonds is 21. The van der Waals surface area contributed by atoms with Crippen molar-refractivity contribution in [3.05, 3.63) is 64.0 Å². The topological polar surface area (TPSA) is 76.1 Å². The molecule has 0 amide bonds. The number of nitrogens with zero attached hydrogens (tertiary/aromatic N) is 2. The lowest BCUT2D eigenvalue weighted by Crippen LogP contribution is -2.03. The van der Waals surface area contributed by atoms with E-state index in [0.29, 0.717) is 48.0 Å². The number of ether oxygens (including phenoxy) is 3. The molecule has 2 rings (SSSR count). The summed E-state index contributed by atoms with van der Waals surface area (Å²) in [7, 11) is 0. The van der Waals surface area contributed by atoms with Crippen LogP contribution in [-0.4, -0.2) is 24.9 Å². The quantitative estimate of drug-likeness (QED) is 0.0667. The molecule has 0 heterocycles. The Bertz CT molecular complexity index is 1310. The van der Waals surface area contributed by atoms with E-state index in [1.54, 1.807) is 25.1 Å². The Balaban J connectivity index is 2.53. The minimum absolute atomic E-state index is 0.0864. The number of phenols is 1. The minimum Gasteiger partial charge on any atom is -0.509 e. The molecule has 44 heavy (non-hydrogen) atoms. The first-order valence-electron chi connectivity index (χ1n) is 16.5. The van der Waals surface area contributed by atoms with Gasteiger partial charge < -0.3 is 19.3 Å². The number of unbranched alkanes of at least 4 members (excludes halogenated alkanes) is 9. The Morgan fingerprint density at radius 2 is 1.32 bits per heavy atom. The second-order valence-corrected chi connectivity index (χ2v) is 11.2. The van der Waals surface area contributed by atoms with E-state index >= 15 is 0 Å². The molecule has 0 aliphatic heterocycles. The van der Waals surface area contributed by atoms with Crippen molar-refractivity contribution in [1.82, 2.24) is 0 Å². The molecule has 6 heteroatoms. The van der Waals surface area contributed by atoms with Crippen molar-refractivity contribution in [3.63, 3.8) is 0 Å². The van der Waals surface area contributed by atoms with Crippen molar-refractivity contribution < 1.29 is 19.3 Å². The average molecular weight is 601 g/mol. The van der Waals surface area contributed by atoms with Gasteiger partial charge in [-0.3, -0.25) is 0 Å². The summed E-state index contributed by atoms with van der Waals surface area (Å²) in [4.78, 5) is 3.82. The summed E-state index contributed by atoms with van der Waals surface area (Å²) in [5.74, 6) is 1.84. The molecule has 238 valence electrons. The van der Waals surface area contributed by atoms with Crippen LogP contribution in [-0.2, 0) is 0 Å². The molecule has 0 saturated carbocycles. The number of hydrogen-bond donors (Lipinski definition) is 1. The third kappa shape index (κ3) is 11.6. The van der Waals surface area contributed by atoms with Crippen LogP contribution in [0, 0.1) is 24.8 Å². The van der Waals surface area contributed by atoms with Gasteiger partial charge in [-0.2, -0.15) is 5.26 Å². The Labute approximate surface area is 266 Å². The molecule has 0 saturated heterocycles. The van der Waals surface area contributed by atoms with E-state index in [2.05, 4.69) is 31.7 Å². The highest BCUT2D eigenvalue weighted by Gasteiger charge is 2.18. The normalized spacial score (nSPS) is 11.6. The maximum atomic E-state index is 11.1. The number of aryl methyl sites for hydroxylation is 1. The lowest BCUT2D eigenvalue weighted by molar-refractivity contribution is 0.295. The van der Waals surface area contributed by atoms with Gasteiger partial charge in [0, 0.05) is 16.7 Å². The van der Waals surface area contributed by atoms with Crippen molar-refractivity contribution in [3.8, 4) is 29.1 Å². The van der Waals surface area contributed by atoms with Crippen molar-refractivity contribution in [1.29, 1.82) is 5.26 Å². The van der Waals surface area contributed by atoms with Crippen LogP contribution in [0.5, 0.6) is 23.0 Å². The Morgan fingerprint density at radius 1 is 0.773 bits per heavy atom. The van der Waals surface area contributed by atoms with Crippen LogP contribution in [0.15, 0.2) is 30.3 Å². The fourth-order valence-electron chi connectivity index (χ4n) is 4.90. The highest BCUT2D eigenvalue weighted by molar-refractivity contribution is 5.91. The van der Waals surface area contributed by atoms with Gasteiger partial charge in [-0.05, 0) is 69.0 Å². The standard InChI is InChI=1S/C38H52N2O4/c1-7-11-14-17-20-42-36-25-31(37(23-29(36)5)43-21-18-15-12-8-2)24-34(40-6)33-27-38(44-22-19-16-13-9-3)32(26-35(33)41)30(10-4)28-39/h10,23-27,41H,7-9,11-22H2,1-5H3/b30-10+,34-24-. The molecule has 0 fully saturated rings. The molecular weight excluding hydrogens is 548 g/mol. The summed E-state index contributed by atoms with van der Waals surface area (Å²) in [6.45, 7) is 20.1. The Kier molecular flexibility index (Phi) is 17.2. The highest BCUT2D eigenvalue weighted by atomic mass is 16.5. The molecule has 1 N–H and O–H groups in total. The zero-order valence-electron chi connectivity index (χ0n) is 27.6. The number of aromatic hydroxyl groups is 1. The highest BCUT2D eigenvalue weighted by Crippen LogP contribution is 2.39. The number of benzene rings is 2. The number of hydrogen-bond acceptors (Lipinski definition) is 5. The summed E-state index contributed by atoms with van der Waals surface area (Å²) in [5, 5.41) is 20.8. The summed E-state index contributed by atoms with van der Waals surface area (Å²) in [5.41, 5.74) is 3.21. The Hall–Kier alpha value is -3.90. The van der Waals surface area contributed by atoms with Gasteiger partial charge in [0.05, 0.1) is 38.0 Å². The SMILES string of the molecule is [C-]#[N+]/C(=C\c1cc(OCCCCCC)c(C)cc1OCCCCCC)c1cc(OCCCCCC)c(/C(C#N)=C/C)cc1O. The smallest absolute Gasteiger partial charge is 0.198 e. The number of phenolic OH excluding ortho intramolecular Hbond substituents is 1. The summed E-state index contributed by atoms with van der Waals surface area (Å²) in [6.07, 6.45) is 16.5. The van der Waals surface area contributed by atoms with Gasteiger partial charge in [0.25, 0.3) is 0 Å². The van der Waals surface area contributed by atoms with E-state index in [4.69, 9.17) is 20.8 Å². The second-order valence-electron chi connectivity index (χ2n) is 11.2. The van der Waals surface area contributed by atoms with E-state index in [-0.39, 0.29) is 11.4 Å². The third-order valence-electron chi connectivity index (χ3n) is 7.56.